The molecule has 1 rings (SSSR count). The molecule has 0 aromatic rings. The highest BCUT2D eigenvalue weighted by molar-refractivity contribution is 4.82. The molecule has 1 saturated carbocycles. The van der Waals surface area contributed by atoms with Crippen LogP contribution in [0.2, 0.25) is 0 Å². The molecule has 2 unspecified atom stereocenters. The Morgan fingerprint density at radius 1 is 1.12 bits per heavy atom. The van der Waals surface area contributed by atoms with Gasteiger partial charge >= 0.3 is 0 Å². The van der Waals surface area contributed by atoms with E-state index in [1.165, 1.54) is 19.3 Å². The molecule has 0 amide bonds. The summed E-state index contributed by atoms with van der Waals surface area (Å²) in [4.78, 5) is 0. The van der Waals surface area contributed by atoms with Crippen molar-refractivity contribution in [3.8, 4) is 0 Å². The molecule has 1 fully saturated rings. The molecule has 0 saturated heterocycles. The summed E-state index contributed by atoms with van der Waals surface area (Å²) in [6, 6.07) is 0. The van der Waals surface area contributed by atoms with Gasteiger partial charge < -0.3 is 6.42 Å². The average molecular weight is 111 g/mol. The van der Waals surface area contributed by atoms with Crippen LogP contribution in [0.1, 0.15) is 33.1 Å². The maximum Gasteiger partial charge on any atom is -0.0577 e. The lowest BCUT2D eigenvalue weighted by Crippen LogP contribution is -2.10. The summed E-state index contributed by atoms with van der Waals surface area (Å²) in [5.74, 6) is 1.78. The SMILES string of the molecule is CC1[CH-]C(C)CCC1. The Kier molecular flexibility index (Phi) is 1.93. The number of rotatable bonds is 0. The standard InChI is InChI=1S/C8H15/c1-7-4-3-5-8(2)6-7/h6-8H,3-5H2,1-2H3/q-1. The van der Waals surface area contributed by atoms with Gasteiger partial charge in [0, 0.05) is 0 Å². The van der Waals surface area contributed by atoms with Crippen LogP contribution in [0.25, 0.3) is 0 Å². The zero-order valence-electron chi connectivity index (χ0n) is 5.85. The molecule has 0 aromatic carbocycles. The normalized spacial score (nSPS) is 39.8. The van der Waals surface area contributed by atoms with Gasteiger partial charge in [0.25, 0.3) is 0 Å². The Morgan fingerprint density at radius 2 is 1.62 bits per heavy atom. The minimum Gasteiger partial charge on any atom is -0.323 e. The van der Waals surface area contributed by atoms with E-state index in [0.29, 0.717) is 0 Å². The summed E-state index contributed by atoms with van der Waals surface area (Å²) in [6.45, 7) is 4.63. The molecule has 0 nitrogen and oxygen atoms in total. The fourth-order valence-corrected chi connectivity index (χ4v) is 1.52. The molecule has 48 valence electrons. The Bertz CT molecular complexity index is 58.4. The second-order valence-electron chi connectivity index (χ2n) is 3.08. The van der Waals surface area contributed by atoms with Gasteiger partial charge in [-0.25, -0.2) is 0 Å². The van der Waals surface area contributed by atoms with E-state index in [-0.39, 0.29) is 0 Å². The van der Waals surface area contributed by atoms with Gasteiger partial charge in [0.2, 0.25) is 0 Å². The molecular weight excluding hydrogens is 96.1 g/mol. The van der Waals surface area contributed by atoms with Gasteiger partial charge in [0.1, 0.15) is 0 Å². The van der Waals surface area contributed by atoms with Gasteiger partial charge in [-0.1, -0.05) is 33.1 Å². The molecule has 0 bridgehead atoms. The minimum atomic E-state index is 0.888. The van der Waals surface area contributed by atoms with Crippen LogP contribution in [0.5, 0.6) is 0 Å². The highest BCUT2D eigenvalue weighted by Crippen LogP contribution is 2.26. The van der Waals surface area contributed by atoms with Crippen molar-refractivity contribution >= 4 is 0 Å². The van der Waals surface area contributed by atoms with E-state index < -0.39 is 0 Å². The Morgan fingerprint density at radius 3 is 1.88 bits per heavy atom. The summed E-state index contributed by atoms with van der Waals surface area (Å²) < 4.78 is 0. The second kappa shape index (κ2) is 2.52. The summed E-state index contributed by atoms with van der Waals surface area (Å²) in [5.41, 5.74) is 0. The van der Waals surface area contributed by atoms with Crippen LogP contribution in [0, 0.1) is 18.3 Å². The van der Waals surface area contributed by atoms with E-state index in [2.05, 4.69) is 20.3 Å². The third-order valence-electron chi connectivity index (χ3n) is 1.98. The van der Waals surface area contributed by atoms with E-state index >= 15 is 0 Å². The summed E-state index contributed by atoms with van der Waals surface area (Å²) in [6.07, 6.45) is 6.76. The quantitative estimate of drug-likeness (QED) is 0.421. The molecule has 0 N–H and O–H groups in total. The van der Waals surface area contributed by atoms with Crippen LogP contribution in [-0.2, 0) is 0 Å². The predicted molar refractivity (Wildman–Crippen MR) is 36.5 cm³/mol. The zero-order chi connectivity index (χ0) is 5.98. The van der Waals surface area contributed by atoms with E-state index in [4.69, 9.17) is 0 Å². The summed E-state index contributed by atoms with van der Waals surface area (Å²) >= 11 is 0. The Labute approximate surface area is 52.3 Å². The van der Waals surface area contributed by atoms with Gasteiger partial charge in [-0.05, 0) is 0 Å². The van der Waals surface area contributed by atoms with Crippen molar-refractivity contribution in [2.24, 2.45) is 11.8 Å². The first kappa shape index (κ1) is 6.12. The second-order valence-corrected chi connectivity index (χ2v) is 3.08. The fourth-order valence-electron chi connectivity index (χ4n) is 1.52. The largest absolute Gasteiger partial charge is 0.323 e. The van der Waals surface area contributed by atoms with Gasteiger partial charge in [0.05, 0.1) is 0 Å². The van der Waals surface area contributed by atoms with Crippen molar-refractivity contribution in [1.82, 2.24) is 0 Å². The van der Waals surface area contributed by atoms with E-state index in [9.17, 15) is 0 Å². The number of hydrogen-bond acceptors (Lipinski definition) is 0. The molecule has 1 aliphatic carbocycles. The lowest BCUT2D eigenvalue weighted by atomic mass is 9.84. The van der Waals surface area contributed by atoms with Crippen molar-refractivity contribution in [3.05, 3.63) is 6.42 Å². The molecule has 0 heteroatoms. The molecule has 1 aliphatic rings. The summed E-state index contributed by atoms with van der Waals surface area (Å²) in [5, 5.41) is 0. The van der Waals surface area contributed by atoms with E-state index in [1.807, 2.05) is 0 Å². The van der Waals surface area contributed by atoms with Crippen molar-refractivity contribution in [2.75, 3.05) is 0 Å². The third-order valence-corrected chi connectivity index (χ3v) is 1.98. The van der Waals surface area contributed by atoms with Crippen LogP contribution in [0.15, 0.2) is 0 Å². The van der Waals surface area contributed by atoms with Gasteiger partial charge in [-0.15, -0.1) is 0 Å². The van der Waals surface area contributed by atoms with Crippen LogP contribution in [0.4, 0.5) is 0 Å². The monoisotopic (exact) mass is 111 g/mol. The lowest BCUT2D eigenvalue weighted by Gasteiger charge is -2.33. The van der Waals surface area contributed by atoms with Crippen molar-refractivity contribution < 1.29 is 0 Å². The first-order valence-electron chi connectivity index (χ1n) is 3.64. The van der Waals surface area contributed by atoms with Crippen LogP contribution >= 0.6 is 0 Å². The highest BCUT2D eigenvalue weighted by atomic mass is 14.2. The Balaban J connectivity index is 2.23. The molecule has 8 heavy (non-hydrogen) atoms. The summed E-state index contributed by atoms with van der Waals surface area (Å²) in [7, 11) is 0. The first-order chi connectivity index (χ1) is 3.79. The van der Waals surface area contributed by atoms with E-state index in [1.54, 1.807) is 0 Å². The molecule has 0 spiro atoms. The average Bonchev–Trinajstić information content (AvgIpc) is 1.64. The number of hydrogen-bond donors (Lipinski definition) is 0. The maximum atomic E-state index is 2.48. The predicted octanol–water partition coefficient (Wildman–Crippen LogP) is 2.65. The highest BCUT2D eigenvalue weighted by Gasteiger charge is 2.03. The van der Waals surface area contributed by atoms with Crippen LogP contribution < -0.4 is 0 Å². The van der Waals surface area contributed by atoms with Crippen LogP contribution in [-0.4, -0.2) is 0 Å². The lowest BCUT2D eigenvalue weighted by molar-refractivity contribution is 0.396. The van der Waals surface area contributed by atoms with Gasteiger partial charge in [0.15, 0.2) is 0 Å². The van der Waals surface area contributed by atoms with Crippen molar-refractivity contribution in [3.63, 3.8) is 0 Å². The van der Waals surface area contributed by atoms with E-state index in [0.717, 1.165) is 11.8 Å². The molecule has 0 heterocycles. The first-order valence-corrected chi connectivity index (χ1v) is 3.64. The smallest absolute Gasteiger partial charge is 0.0577 e. The van der Waals surface area contributed by atoms with Crippen molar-refractivity contribution in [1.29, 1.82) is 0 Å². The van der Waals surface area contributed by atoms with Crippen LogP contribution in [0.3, 0.4) is 0 Å². The molecule has 0 radical (unpaired) electrons. The van der Waals surface area contributed by atoms with Gasteiger partial charge in [-0.3, -0.25) is 0 Å². The minimum absolute atomic E-state index is 0.888. The fraction of sp³-hybridized carbons (Fsp3) is 0.875. The zero-order valence-corrected chi connectivity index (χ0v) is 5.85. The van der Waals surface area contributed by atoms with Crippen molar-refractivity contribution in [2.45, 2.75) is 33.1 Å². The molecular formula is C8H15-. The third kappa shape index (κ3) is 1.50. The maximum absolute atomic E-state index is 2.48. The molecule has 2 atom stereocenters. The topological polar surface area (TPSA) is 0 Å². The molecule has 0 aliphatic heterocycles. The van der Waals surface area contributed by atoms with Gasteiger partial charge in [-0.2, -0.15) is 11.8 Å². The Hall–Kier alpha value is 0. The molecule has 0 aromatic heterocycles.